The molecular formula is C21H19NO4. The highest BCUT2D eigenvalue weighted by atomic mass is 16.5. The number of hydrogen-bond donors (Lipinski definition) is 0. The summed E-state index contributed by atoms with van der Waals surface area (Å²) in [6.45, 7) is 3.31. The molecule has 5 nitrogen and oxygen atoms in total. The Morgan fingerprint density at radius 1 is 1.04 bits per heavy atom. The Balaban J connectivity index is 1.83. The molecule has 1 atom stereocenters. The molecule has 1 aromatic heterocycles. The van der Waals surface area contributed by atoms with Gasteiger partial charge in [0.25, 0.3) is 0 Å². The van der Waals surface area contributed by atoms with Gasteiger partial charge >= 0.3 is 5.97 Å². The van der Waals surface area contributed by atoms with Crippen molar-refractivity contribution in [3.8, 4) is 5.75 Å². The van der Waals surface area contributed by atoms with Crippen LogP contribution in [0.2, 0.25) is 0 Å². The molecule has 0 N–H and O–H groups in total. The van der Waals surface area contributed by atoms with Gasteiger partial charge in [-0.3, -0.25) is 9.78 Å². The number of ether oxygens (including phenoxy) is 2. The third-order valence-electron chi connectivity index (χ3n) is 4.15. The fourth-order valence-corrected chi connectivity index (χ4v) is 2.69. The van der Waals surface area contributed by atoms with Gasteiger partial charge < -0.3 is 9.47 Å². The lowest BCUT2D eigenvalue weighted by molar-refractivity contribution is 0.0318. The number of aryl methyl sites for hydroxylation is 1. The third kappa shape index (κ3) is 3.57. The molecule has 5 heteroatoms. The van der Waals surface area contributed by atoms with E-state index in [4.69, 9.17) is 9.47 Å². The molecule has 3 aromatic rings. The van der Waals surface area contributed by atoms with Gasteiger partial charge in [-0.25, -0.2) is 4.79 Å². The summed E-state index contributed by atoms with van der Waals surface area (Å²) in [5.74, 6) is -0.110. The van der Waals surface area contributed by atoms with Crippen molar-refractivity contribution >= 4 is 22.7 Å². The molecule has 0 bridgehead atoms. The van der Waals surface area contributed by atoms with Gasteiger partial charge in [0.1, 0.15) is 5.75 Å². The number of ketones is 1. The number of pyridine rings is 1. The van der Waals surface area contributed by atoms with E-state index in [-0.39, 0.29) is 5.78 Å². The maximum Gasteiger partial charge on any atom is 0.340 e. The summed E-state index contributed by atoms with van der Waals surface area (Å²) in [7, 11) is 1.59. The van der Waals surface area contributed by atoms with Gasteiger partial charge in [0.05, 0.1) is 23.9 Å². The van der Waals surface area contributed by atoms with Crippen LogP contribution in [-0.4, -0.2) is 30.0 Å². The maximum atomic E-state index is 12.5. The topological polar surface area (TPSA) is 65.5 Å². The van der Waals surface area contributed by atoms with E-state index < -0.39 is 12.1 Å². The summed E-state index contributed by atoms with van der Waals surface area (Å²) in [5.41, 5.74) is 2.12. The Labute approximate surface area is 151 Å². The molecule has 0 fully saturated rings. The van der Waals surface area contributed by atoms with Crippen LogP contribution in [0.25, 0.3) is 10.9 Å². The molecule has 0 saturated heterocycles. The fraction of sp³-hybridized carbons (Fsp3) is 0.190. The minimum atomic E-state index is -0.879. The predicted molar refractivity (Wildman–Crippen MR) is 98.7 cm³/mol. The normalized spacial score (nSPS) is 11.8. The number of hydrogen-bond acceptors (Lipinski definition) is 5. The van der Waals surface area contributed by atoms with Gasteiger partial charge in [0.15, 0.2) is 6.10 Å². The van der Waals surface area contributed by atoms with Crippen LogP contribution < -0.4 is 4.74 Å². The molecule has 132 valence electrons. The lowest BCUT2D eigenvalue weighted by Crippen LogP contribution is -2.25. The second kappa shape index (κ2) is 7.35. The molecule has 0 aliphatic heterocycles. The highest BCUT2D eigenvalue weighted by molar-refractivity contribution is 6.02. The van der Waals surface area contributed by atoms with Gasteiger partial charge in [-0.05, 0) is 32.0 Å². The average molecular weight is 349 g/mol. The van der Waals surface area contributed by atoms with Gasteiger partial charge in [-0.15, -0.1) is 0 Å². The largest absolute Gasteiger partial charge is 0.497 e. The first-order valence-electron chi connectivity index (χ1n) is 8.25. The van der Waals surface area contributed by atoms with Crippen molar-refractivity contribution in [2.24, 2.45) is 0 Å². The molecule has 0 spiro atoms. The van der Waals surface area contributed by atoms with Crippen LogP contribution in [-0.2, 0) is 4.74 Å². The number of carbonyl (C=O) groups excluding carboxylic acids is 2. The summed E-state index contributed by atoms with van der Waals surface area (Å²) < 4.78 is 10.6. The van der Waals surface area contributed by atoms with Crippen molar-refractivity contribution in [2.45, 2.75) is 20.0 Å². The standard InChI is InChI=1S/C21H19NO4/c1-13-18(11-16-9-10-17(25-3)12-19(16)22-13)21(24)26-14(2)20(23)15-7-5-4-6-8-15/h4-12,14H,1-3H3/t14-/m1/s1. The van der Waals surface area contributed by atoms with E-state index in [0.29, 0.717) is 22.6 Å². The number of Topliss-reactive ketones (excluding diaryl/α,β-unsaturated/α-hetero) is 1. The first-order chi connectivity index (χ1) is 12.5. The van der Waals surface area contributed by atoms with Crippen LogP contribution in [0.3, 0.4) is 0 Å². The number of carbonyl (C=O) groups is 2. The van der Waals surface area contributed by atoms with Crippen molar-refractivity contribution < 1.29 is 19.1 Å². The van der Waals surface area contributed by atoms with E-state index in [1.165, 1.54) is 0 Å². The van der Waals surface area contributed by atoms with E-state index in [0.717, 1.165) is 10.9 Å². The number of benzene rings is 2. The van der Waals surface area contributed by atoms with Gasteiger partial charge in [-0.2, -0.15) is 0 Å². The zero-order valence-electron chi connectivity index (χ0n) is 14.9. The van der Waals surface area contributed by atoms with Crippen molar-refractivity contribution in [1.29, 1.82) is 0 Å². The molecule has 0 aliphatic rings. The Morgan fingerprint density at radius 3 is 2.46 bits per heavy atom. The average Bonchev–Trinajstić information content (AvgIpc) is 2.66. The lowest BCUT2D eigenvalue weighted by atomic mass is 10.1. The van der Waals surface area contributed by atoms with Crippen molar-refractivity contribution in [2.75, 3.05) is 7.11 Å². The van der Waals surface area contributed by atoms with Crippen LogP contribution in [0.15, 0.2) is 54.6 Å². The molecule has 0 aliphatic carbocycles. The number of methoxy groups -OCH3 is 1. The Bertz CT molecular complexity index is 966. The first kappa shape index (κ1) is 17.6. The summed E-state index contributed by atoms with van der Waals surface area (Å²) >= 11 is 0. The van der Waals surface area contributed by atoms with Crippen molar-refractivity contribution in [3.05, 3.63) is 71.4 Å². The Hall–Kier alpha value is -3.21. The second-order valence-electron chi connectivity index (χ2n) is 5.96. The zero-order chi connectivity index (χ0) is 18.7. The highest BCUT2D eigenvalue weighted by Gasteiger charge is 2.22. The van der Waals surface area contributed by atoms with Gasteiger partial charge in [0.2, 0.25) is 5.78 Å². The Morgan fingerprint density at radius 2 is 1.77 bits per heavy atom. The van der Waals surface area contributed by atoms with Gasteiger partial charge in [-0.1, -0.05) is 30.3 Å². The van der Waals surface area contributed by atoms with Gasteiger partial charge in [0, 0.05) is 17.0 Å². The van der Waals surface area contributed by atoms with Crippen LogP contribution in [0.4, 0.5) is 0 Å². The number of fused-ring (bicyclic) bond motifs is 1. The summed E-state index contributed by atoms with van der Waals surface area (Å²) in [6, 6.07) is 15.9. The molecule has 0 amide bonds. The number of esters is 1. The van der Waals surface area contributed by atoms with Crippen molar-refractivity contribution in [3.63, 3.8) is 0 Å². The SMILES string of the molecule is COc1ccc2cc(C(=O)O[C@H](C)C(=O)c3ccccc3)c(C)nc2c1. The highest BCUT2D eigenvalue weighted by Crippen LogP contribution is 2.22. The van der Waals surface area contributed by atoms with E-state index >= 15 is 0 Å². The summed E-state index contributed by atoms with van der Waals surface area (Å²) in [6.07, 6.45) is -0.879. The molecule has 0 radical (unpaired) electrons. The van der Waals surface area contributed by atoms with E-state index in [1.54, 1.807) is 63.4 Å². The number of nitrogens with zero attached hydrogens (tertiary/aromatic N) is 1. The lowest BCUT2D eigenvalue weighted by Gasteiger charge is -2.14. The summed E-state index contributed by atoms with van der Waals surface area (Å²) in [5, 5.41) is 0.797. The zero-order valence-corrected chi connectivity index (χ0v) is 14.9. The smallest absolute Gasteiger partial charge is 0.340 e. The molecular weight excluding hydrogens is 330 g/mol. The molecule has 3 rings (SSSR count). The number of aromatic nitrogens is 1. The minimum absolute atomic E-state index is 0.241. The maximum absolute atomic E-state index is 12.5. The van der Waals surface area contributed by atoms with Crippen LogP contribution in [0.5, 0.6) is 5.75 Å². The van der Waals surface area contributed by atoms with Crippen LogP contribution >= 0.6 is 0 Å². The number of rotatable bonds is 5. The quantitative estimate of drug-likeness (QED) is 0.515. The third-order valence-corrected chi connectivity index (χ3v) is 4.15. The summed E-state index contributed by atoms with van der Waals surface area (Å²) in [4.78, 5) is 29.4. The fourth-order valence-electron chi connectivity index (χ4n) is 2.69. The molecule has 0 saturated carbocycles. The second-order valence-corrected chi connectivity index (χ2v) is 5.96. The molecule has 0 unspecified atom stereocenters. The molecule has 1 heterocycles. The van der Waals surface area contributed by atoms with E-state index in [2.05, 4.69) is 4.98 Å². The van der Waals surface area contributed by atoms with E-state index in [1.807, 2.05) is 12.1 Å². The van der Waals surface area contributed by atoms with E-state index in [9.17, 15) is 9.59 Å². The van der Waals surface area contributed by atoms with Crippen LogP contribution in [0.1, 0.15) is 33.3 Å². The Kier molecular flexibility index (Phi) is 4.98. The minimum Gasteiger partial charge on any atom is -0.497 e. The van der Waals surface area contributed by atoms with Crippen molar-refractivity contribution in [1.82, 2.24) is 4.98 Å². The monoisotopic (exact) mass is 349 g/mol. The van der Waals surface area contributed by atoms with Crippen LogP contribution in [0, 0.1) is 6.92 Å². The molecule has 2 aromatic carbocycles. The predicted octanol–water partition coefficient (Wildman–Crippen LogP) is 3.98. The molecule has 26 heavy (non-hydrogen) atoms. The first-order valence-corrected chi connectivity index (χ1v) is 8.25.